The van der Waals surface area contributed by atoms with Crippen LogP contribution < -0.4 is 10.6 Å². The summed E-state index contributed by atoms with van der Waals surface area (Å²) in [5.74, 6) is -0.0461. The highest BCUT2D eigenvalue weighted by atomic mass is 16.2. The highest BCUT2D eigenvalue weighted by Gasteiger charge is 2.34. The first-order valence-electron chi connectivity index (χ1n) is 6.22. The van der Waals surface area contributed by atoms with Crippen LogP contribution in [0.5, 0.6) is 0 Å². The van der Waals surface area contributed by atoms with Gasteiger partial charge in [-0.1, -0.05) is 6.92 Å². The van der Waals surface area contributed by atoms with Gasteiger partial charge in [0, 0.05) is 19.0 Å². The van der Waals surface area contributed by atoms with E-state index in [4.69, 9.17) is 0 Å². The summed E-state index contributed by atoms with van der Waals surface area (Å²) in [6.07, 6.45) is 1.66. The molecule has 0 aliphatic carbocycles. The molecule has 1 fully saturated rings. The Balaban J connectivity index is 2.41. The minimum Gasteiger partial charge on any atom is -0.347 e. The van der Waals surface area contributed by atoms with E-state index in [0.29, 0.717) is 6.54 Å². The highest BCUT2D eigenvalue weighted by molar-refractivity contribution is 5.87. The third kappa shape index (κ3) is 3.70. The summed E-state index contributed by atoms with van der Waals surface area (Å²) in [5, 5.41) is 5.98. The number of piperidine rings is 1. The van der Waals surface area contributed by atoms with Crippen LogP contribution in [0.3, 0.4) is 0 Å². The largest absolute Gasteiger partial charge is 0.347 e. The van der Waals surface area contributed by atoms with Crippen molar-refractivity contribution in [3.8, 4) is 0 Å². The Kier molecular flexibility index (Phi) is 4.93. The third-order valence-electron chi connectivity index (χ3n) is 3.56. The lowest BCUT2D eigenvalue weighted by Crippen LogP contribution is -2.48. The predicted molar refractivity (Wildman–Crippen MR) is 66.5 cm³/mol. The van der Waals surface area contributed by atoms with Crippen molar-refractivity contribution in [2.45, 2.75) is 26.7 Å². The quantitative estimate of drug-likeness (QED) is 0.726. The summed E-state index contributed by atoms with van der Waals surface area (Å²) in [4.78, 5) is 25.2. The number of hydrogen-bond donors (Lipinski definition) is 2. The summed E-state index contributed by atoms with van der Waals surface area (Å²) in [7, 11) is 1.74. The first kappa shape index (κ1) is 14.0. The topological polar surface area (TPSA) is 61.4 Å². The molecule has 0 aromatic rings. The van der Waals surface area contributed by atoms with Gasteiger partial charge in [-0.05, 0) is 32.9 Å². The molecule has 0 atom stereocenters. The summed E-state index contributed by atoms with van der Waals surface area (Å²) in [6, 6.07) is 0. The second kappa shape index (κ2) is 6.00. The first-order valence-corrected chi connectivity index (χ1v) is 6.22. The molecule has 2 amide bonds. The number of carbonyl (C=O) groups is 2. The van der Waals surface area contributed by atoms with Gasteiger partial charge in [0.05, 0.1) is 6.54 Å². The molecular formula is C12H23N3O2. The molecule has 0 saturated carbocycles. The fourth-order valence-corrected chi connectivity index (χ4v) is 1.89. The Morgan fingerprint density at radius 3 is 2.47 bits per heavy atom. The zero-order valence-corrected chi connectivity index (χ0v) is 11.0. The van der Waals surface area contributed by atoms with E-state index in [2.05, 4.69) is 10.6 Å². The Morgan fingerprint density at radius 2 is 1.94 bits per heavy atom. The van der Waals surface area contributed by atoms with Crippen molar-refractivity contribution < 1.29 is 9.59 Å². The molecule has 1 rings (SSSR count). The zero-order chi connectivity index (χ0) is 12.9. The standard InChI is InChI=1S/C12H23N3O2/c1-4-15(3)10(16)9-14-11(17)12(2)5-7-13-8-6-12/h13H,4-9H2,1-3H3,(H,14,17). The van der Waals surface area contributed by atoms with Gasteiger partial charge in [-0.15, -0.1) is 0 Å². The van der Waals surface area contributed by atoms with Crippen molar-refractivity contribution in [3.05, 3.63) is 0 Å². The lowest BCUT2D eigenvalue weighted by atomic mass is 9.80. The molecule has 1 heterocycles. The molecule has 0 aromatic carbocycles. The lowest BCUT2D eigenvalue weighted by Gasteiger charge is -2.32. The van der Waals surface area contributed by atoms with Gasteiger partial charge >= 0.3 is 0 Å². The van der Waals surface area contributed by atoms with Gasteiger partial charge in [-0.25, -0.2) is 0 Å². The van der Waals surface area contributed by atoms with E-state index in [1.165, 1.54) is 0 Å². The van der Waals surface area contributed by atoms with E-state index in [0.717, 1.165) is 25.9 Å². The lowest BCUT2D eigenvalue weighted by molar-refractivity contribution is -0.136. The van der Waals surface area contributed by atoms with Crippen molar-refractivity contribution in [2.24, 2.45) is 5.41 Å². The smallest absolute Gasteiger partial charge is 0.241 e. The summed E-state index contributed by atoms with van der Waals surface area (Å²) in [5.41, 5.74) is -0.323. The molecule has 0 bridgehead atoms. The first-order chi connectivity index (χ1) is 7.99. The Morgan fingerprint density at radius 1 is 1.35 bits per heavy atom. The molecule has 0 radical (unpaired) electrons. The number of rotatable bonds is 4. The molecule has 5 heteroatoms. The molecule has 0 spiro atoms. The molecule has 1 aliphatic heterocycles. The van der Waals surface area contributed by atoms with E-state index in [9.17, 15) is 9.59 Å². The Hall–Kier alpha value is -1.10. The number of nitrogens with one attached hydrogen (secondary N) is 2. The van der Waals surface area contributed by atoms with Crippen LogP contribution in [0.4, 0.5) is 0 Å². The van der Waals surface area contributed by atoms with Crippen LogP contribution in [0.15, 0.2) is 0 Å². The van der Waals surface area contributed by atoms with Crippen LogP contribution >= 0.6 is 0 Å². The maximum absolute atomic E-state index is 12.0. The van der Waals surface area contributed by atoms with Crippen LogP contribution in [0.2, 0.25) is 0 Å². The average molecular weight is 241 g/mol. The fourth-order valence-electron chi connectivity index (χ4n) is 1.89. The van der Waals surface area contributed by atoms with Crippen LogP contribution in [0.25, 0.3) is 0 Å². The Labute approximate surface area is 103 Å². The number of carbonyl (C=O) groups excluding carboxylic acids is 2. The molecule has 0 aromatic heterocycles. The molecular weight excluding hydrogens is 218 g/mol. The number of hydrogen-bond acceptors (Lipinski definition) is 3. The summed E-state index contributed by atoms with van der Waals surface area (Å²) < 4.78 is 0. The van der Waals surface area contributed by atoms with Gasteiger partial charge in [0.15, 0.2) is 0 Å². The van der Waals surface area contributed by atoms with Crippen LogP contribution in [-0.2, 0) is 9.59 Å². The maximum atomic E-state index is 12.0. The minimum atomic E-state index is -0.323. The summed E-state index contributed by atoms with van der Waals surface area (Å²) in [6.45, 7) is 6.38. The van der Waals surface area contributed by atoms with Crippen LogP contribution in [-0.4, -0.2) is 49.9 Å². The van der Waals surface area contributed by atoms with Crippen LogP contribution in [0.1, 0.15) is 26.7 Å². The molecule has 1 saturated heterocycles. The van der Waals surface area contributed by atoms with E-state index in [-0.39, 0.29) is 23.8 Å². The third-order valence-corrected chi connectivity index (χ3v) is 3.56. The van der Waals surface area contributed by atoms with Gasteiger partial charge in [0.2, 0.25) is 11.8 Å². The van der Waals surface area contributed by atoms with Crippen molar-refractivity contribution in [1.29, 1.82) is 0 Å². The van der Waals surface area contributed by atoms with Gasteiger partial charge in [-0.2, -0.15) is 0 Å². The van der Waals surface area contributed by atoms with Crippen molar-refractivity contribution >= 4 is 11.8 Å². The minimum absolute atomic E-state index is 0.00291. The monoisotopic (exact) mass is 241 g/mol. The average Bonchev–Trinajstić information content (AvgIpc) is 2.35. The second-order valence-electron chi connectivity index (χ2n) is 4.90. The van der Waals surface area contributed by atoms with Gasteiger partial charge in [-0.3, -0.25) is 9.59 Å². The van der Waals surface area contributed by atoms with E-state index in [1.807, 2.05) is 13.8 Å². The van der Waals surface area contributed by atoms with E-state index >= 15 is 0 Å². The molecule has 1 aliphatic rings. The fraction of sp³-hybridized carbons (Fsp3) is 0.833. The van der Waals surface area contributed by atoms with E-state index < -0.39 is 0 Å². The number of amides is 2. The number of nitrogens with zero attached hydrogens (tertiary/aromatic N) is 1. The van der Waals surface area contributed by atoms with E-state index in [1.54, 1.807) is 11.9 Å². The molecule has 0 unspecified atom stereocenters. The maximum Gasteiger partial charge on any atom is 0.241 e. The zero-order valence-electron chi connectivity index (χ0n) is 11.0. The normalized spacial score (nSPS) is 18.5. The van der Waals surface area contributed by atoms with Gasteiger partial charge in [0.25, 0.3) is 0 Å². The Bertz CT molecular complexity index is 285. The SMILES string of the molecule is CCN(C)C(=O)CNC(=O)C1(C)CCNCC1. The van der Waals surface area contributed by atoms with Gasteiger partial charge in [0.1, 0.15) is 0 Å². The molecule has 2 N–H and O–H groups in total. The van der Waals surface area contributed by atoms with Crippen molar-refractivity contribution in [1.82, 2.24) is 15.5 Å². The molecule has 17 heavy (non-hydrogen) atoms. The molecule has 98 valence electrons. The number of likely N-dealkylation sites (N-methyl/N-ethyl adjacent to an activating group) is 1. The summed E-state index contributed by atoms with van der Waals surface area (Å²) >= 11 is 0. The van der Waals surface area contributed by atoms with Gasteiger partial charge < -0.3 is 15.5 Å². The predicted octanol–water partition coefficient (Wildman–Crippen LogP) is -0.0294. The van der Waals surface area contributed by atoms with Crippen molar-refractivity contribution in [3.63, 3.8) is 0 Å². The van der Waals surface area contributed by atoms with Crippen molar-refractivity contribution in [2.75, 3.05) is 33.2 Å². The highest BCUT2D eigenvalue weighted by Crippen LogP contribution is 2.27. The second-order valence-corrected chi connectivity index (χ2v) is 4.90. The molecule has 5 nitrogen and oxygen atoms in total. The van der Waals surface area contributed by atoms with Crippen LogP contribution in [0, 0.1) is 5.41 Å².